The molecule has 1 saturated heterocycles. The van der Waals surface area contributed by atoms with E-state index < -0.39 is 0 Å². The molecule has 1 amide bonds. The second-order valence-corrected chi connectivity index (χ2v) is 5.65. The molecule has 0 bridgehead atoms. The first kappa shape index (κ1) is 12.8. The van der Waals surface area contributed by atoms with Crippen molar-refractivity contribution in [1.82, 2.24) is 10.2 Å². The van der Waals surface area contributed by atoms with Crippen LogP contribution in [0.15, 0.2) is 0 Å². The van der Waals surface area contributed by atoms with Gasteiger partial charge in [0.25, 0.3) is 0 Å². The summed E-state index contributed by atoms with van der Waals surface area (Å²) in [6, 6.07) is 1.42. The van der Waals surface area contributed by atoms with E-state index in [4.69, 9.17) is 5.73 Å². The zero-order chi connectivity index (χ0) is 12.3. The number of rotatable bonds is 6. The maximum Gasteiger partial charge on any atom is 0.220 e. The molecule has 1 aliphatic heterocycles. The van der Waals surface area contributed by atoms with E-state index in [2.05, 4.69) is 10.2 Å². The van der Waals surface area contributed by atoms with Crippen LogP contribution in [0.3, 0.4) is 0 Å². The van der Waals surface area contributed by atoms with Gasteiger partial charge in [-0.05, 0) is 39.0 Å². The molecule has 4 heteroatoms. The number of carbonyl (C=O) groups is 1. The van der Waals surface area contributed by atoms with Crippen LogP contribution in [0.5, 0.6) is 0 Å². The van der Waals surface area contributed by atoms with E-state index in [9.17, 15) is 4.79 Å². The number of nitrogens with one attached hydrogen (secondary N) is 1. The Bertz CT molecular complexity index is 263. The number of nitrogens with zero attached hydrogens (tertiary/aromatic N) is 1. The molecule has 0 aromatic rings. The molecule has 1 saturated carbocycles. The van der Waals surface area contributed by atoms with Crippen LogP contribution in [0.2, 0.25) is 0 Å². The van der Waals surface area contributed by atoms with Crippen molar-refractivity contribution in [2.24, 2.45) is 5.73 Å². The van der Waals surface area contributed by atoms with Gasteiger partial charge in [-0.25, -0.2) is 0 Å². The minimum absolute atomic E-state index is 0.202. The first-order chi connectivity index (χ1) is 8.15. The van der Waals surface area contributed by atoms with E-state index in [0.29, 0.717) is 12.5 Å². The van der Waals surface area contributed by atoms with Crippen molar-refractivity contribution < 1.29 is 4.79 Å². The largest absolute Gasteiger partial charge is 0.352 e. The van der Waals surface area contributed by atoms with E-state index in [1.54, 1.807) is 0 Å². The lowest BCUT2D eigenvalue weighted by atomic mass is 10.1. The van der Waals surface area contributed by atoms with Gasteiger partial charge >= 0.3 is 0 Å². The summed E-state index contributed by atoms with van der Waals surface area (Å²) in [6.07, 6.45) is 6.30. The molecule has 0 spiro atoms. The first-order valence-corrected chi connectivity index (χ1v) is 6.94. The summed E-state index contributed by atoms with van der Waals surface area (Å²) < 4.78 is 0. The maximum absolute atomic E-state index is 11.7. The number of nitrogens with two attached hydrogens (primary N) is 1. The fourth-order valence-corrected chi connectivity index (χ4v) is 2.56. The Balaban J connectivity index is 1.58. The molecule has 3 N–H and O–H groups in total. The number of likely N-dealkylation sites (tertiary alicyclic amines) is 1. The number of hydrogen-bond donors (Lipinski definition) is 2. The molecule has 98 valence electrons. The summed E-state index contributed by atoms with van der Waals surface area (Å²) in [4.78, 5) is 14.2. The lowest BCUT2D eigenvalue weighted by molar-refractivity contribution is -0.121. The van der Waals surface area contributed by atoms with E-state index in [-0.39, 0.29) is 11.9 Å². The Labute approximate surface area is 104 Å². The van der Waals surface area contributed by atoms with Crippen LogP contribution in [0.25, 0.3) is 0 Å². The third-order valence-electron chi connectivity index (χ3n) is 3.71. The zero-order valence-electron chi connectivity index (χ0n) is 10.8. The van der Waals surface area contributed by atoms with Crippen molar-refractivity contribution in [2.75, 3.05) is 13.1 Å². The lowest BCUT2D eigenvalue weighted by Crippen LogP contribution is -2.37. The monoisotopic (exact) mass is 239 g/mol. The molecule has 0 radical (unpaired) electrons. The first-order valence-electron chi connectivity index (χ1n) is 6.94. The molecule has 4 nitrogen and oxygen atoms in total. The summed E-state index contributed by atoms with van der Waals surface area (Å²) in [6.45, 7) is 4.21. The Morgan fingerprint density at radius 2 is 2.24 bits per heavy atom. The smallest absolute Gasteiger partial charge is 0.220 e. The number of hydrogen-bond acceptors (Lipinski definition) is 3. The number of amides is 1. The Kier molecular flexibility index (Phi) is 4.40. The molecule has 2 rings (SSSR count). The fourth-order valence-electron chi connectivity index (χ4n) is 2.56. The van der Waals surface area contributed by atoms with Gasteiger partial charge in [0.05, 0.1) is 0 Å². The van der Waals surface area contributed by atoms with Crippen LogP contribution in [0.4, 0.5) is 0 Å². The summed E-state index contributed by atoms with van der Waals surface area (Å²) in [5, 5.41) is 3.14. The molecule has 0 aromatic heterocycles. The van der Waals surface area contributed by atoms with Gasteiger partial charge in [0.2, 0.25) is 5.91 Å². The standard InChI is InChI=1S/C13H25N3O/c1-10(14)3-2-4-13(17)15-11-7-8-16(9-11)12-5-6-12/h10-12H,2-9,14H2,1H3,(H,15,17). The molecular weight excluding hydrogens is 214 g/mol. The van der Waals surface area contributed by atoms with Crippen LogP contribution in [0, 0.1) is 0 Å². The normalized spacial score (nSPS) is 27.1. The summed E-state index contributed by atoms with van der Waals surface area (Å²) in [5.74, 6) is 0.202. The Morgan fingerprint density at radius 3 is 2.88 bits per heavy atom. The molecule has 2 atom stereocenters. The zero-order valence-corrected chi connectivity index (χ0v) is 10.8. The predicted molar refractivity (Wildman–Crippen MR) is 68.6 cm³/mol. The minimum Gasteiger partial charge on any atom is -0.352 e. The molecule has 1 aliphatic carbocycles. The van der Waals surface area contributed by atoms with Gasteiger partial charge in [-0.15, -0.1) is 0 Å². The molecular formula is C13H25N3O. The lowest BCUT2D eigenvalue weighted by Gasteiger charge is -2.15. The van der Waals surface area contributed by atoms with Gasteiger partial charge in [-0.3, -0.25) is 9.69 Å². The summed E-state index contributed by atoms with van der Waals surface area (Å²) >= 11 is 0. The highest BCUT2D eigenvalue weighted by atomic mass is 16.1. The van der Waals surface area contributed by atoms with Gasteiger partial charge < -0.3 is 11.1 Å². The van der Waals surface area contributed by atoms with Crippen molar-refractivity contribution in [3.05, 3.63) is 0 Å². The van der Waals surface area contributed by atoms with Crippen molar-refractivity contribution in [3.8, 4) is 0 Å². The SMILES string of the molecule is CC(N)CCCC(=O)NC1CCN(C2CC2)C1. The highest BCUT2D eigenvalue weighted by molar-refractivity contribution is 5.76. The Morgan fingerprint density at radius 1 is 1.47 bits per heavy atom. The Hall–Kier alpha value is -0.610. The van der Waals surface area contributed by atoms with Crippen molar-refractivity contribution >= 4 is 5.91 Å². The van der Waals surface area contributed by atoms with E-state index in [0.717, 1.165) is 38.4 Å². The van der Waals surface area contributed by atoms with Gasteiger partial charge in [0.15, 0.2) is 0 Å². The van der Waals surface area contributed by atoms with Crippen molar-refractivity contribution in [1.29, 1.82) is 0 Å². The molecule has 2 unspecified atom stereocenters. The second-order valence-electron chi connectivity index (χ2n) is 5.65. The van der Waals surface area contributed by atoms with E-state index in [1.807, 2.05) is 6.92 Å². The van der Waals surface area contributed by atoms with Crippen LogP contribution >= 0.6 is 0 Å². The van der Waals surface area contributed by atoms with E-state index >= 15 is 0 Å². The van der Waals surface area contributed by atoms with Gasteiger partial charge in [-0.2, -0.15) is 0 Å². The predicted octanol–water partition coefficient (Wildman–Crippen LogP) is 0.857. The molecule has 2 aliphatic rings. The van der Waals surface area contributed by atoms with Gasteiger partial charge in [0.1, 0.15) is 0 Å². The highest BCUT2D eigenvalue weighted by Crippen LogP contribution is 2.29. The third kappa shape index (κ3) is 4.28. The summed E-state index contributed by atoms with van der Waals surface area (Å²) in [5.41, 5.74) is 5.66. The average Bonchev–Trinajstić information content (AvgIpc) is 3.00. The molecule has 0 aromatic carbocycles. The minimum atomic E-state index is 0.202. The van der Waals surface area contributed by atoms with Crippen LogP contribution in [-0.4, -0.2) is 42.0 Å². The second kappa shape index (κ2) is 5.83. The van der Waals surface area contributed by atoms with Crippen molar-refractivity contribution in [2.45, 2.75) is 63.6 Å². The average molecular weight is 239 g/mol. The molecule has 2 fully saturated rings. The van der Waals surface area contributed by atoms with Crippen LogP contribution < -0.4 is 11.1 Å². The van der Waals surface area contributed by atoms with E-state index in [1.165, 1.54) is 12.8 Å². The van der Waals surface area contributed by atoms with Crippen LogP contribution in [-0.2, 0) is 4.79 Å². The highest BCUT2D eigenvalue weighted by Gasteiger charge is 2.34. The van der Waals surface area contributed by atoms with Crippen molar-refractivity contribution in [3.63, 3.8) is 0 Å². The number of carbonyl (C=O) groups excluding carboxylic acids is 1. The topological polar surface area (TPSA) is 58.4 Å². The summed E-state index contributed by atoms with van der Waals surface area (Å²) in [7, 11) is 0. The quantitative estimate of drug-likeness (QED) is 0.722. The van der Waals surface area contributed by atoms with Gasteiger partial charge in [-0.1, -0.05) is 0 Å². The fraction of sp³-hybridized carbons (Fsp3) is 0.923. The molecule has 17 heavy (non-hydrogen) atoms. The molecule has 1 heterocycles. The van der Waals surface area contributed by atoms with Gasteiger partial charge in [0, 0.05) is 37.6 Å². The third-order valence-corrected chi connectivity index (χ3v) is 3.71. The maximum atomic E-state index is 11.7. The van der Waals surface area contributed by atoms with Crippen LogP contribution in [0.1, 0.15) is 45.4 Å².